The van der Waals surface area contributed by atoms with Crippen LogP contribution >= 0.6 is 0 Å². The number of aromatic nitrogens is 2. The molecular formula is C14H14N2O. The van der Waals surface area contributed by atoms with Crippen LogP contribution in [0.5, 0.6) is 0 Å². The van der Waals surface area contributed by atoms with Gasteiger partial charge in [-0.05, 0) is 44.5 Å². The SMILES string of the molecule is Cc1cncc(C(=O)c2ccc(C)nc2C)c1. The molecule has 0 bridgehead atoms. The van der Waals surface area contributed by atoms with Gasteiger partial charge in [0.2, 0.25) is 0 Å². The molecule has 0 aliphatic heterocycles. The number of hydrogen-bond donors (Lipinski definition) is 0. The van der Waals surface area contributed by atoms with Crippen molar-refractivity contribution in [2.75, 3.05) is 0 Å². The molecule has 0 amide bonds. The van der Waals surface area contributed by atoms with Crippen molar-refractivity contribution in [2.24, 2.45) is 0 Å². The first-order chi connectivity index (χ1) is 8.08. The molecule has 2 aromatic heterocycles. The Kier molecular flexibility index (Phi) is 3.00. The second-order valence-electron chi connectivity index (χ2n) is 4.17. The predicted molar refractivity (Wildman–Crippen MR) is 66.1 cm³/mol. The van der Waals surface area contributed by atoms with Crippen LogP contribution in [0.2, 0.25) is 0 Å². The second kappa shape index (κ2) is 4.45. The summed E-state index contributed by atoms with van der Waals surface area (Å²) in [5, 5.41) is 0. The minimum atomic E-state index is -0.0220. The molecule has 0 radical (unpaired) electrons. The molecule has 0 saturated carbocycles. The van der Waals surface area contributed by atoms with E-state index in [9.17, 15) is 4.79 Å². The Hall–Kier alpha value is -2.03. The third-order valence-corrected chi connectivity index (χ3v) is 2.61. The van der Waals surface area contributed by atoms with Gasteiger partial charge in [0.15, 0.2) is 5.78 Å². The Balaban J connectivity index is 2.44. The largest absolute Gasteiger partial charge is 0.288 e. The lowest BCUT2D eigenvalue weighted by Gasteiger charge is -2.05. The Labute approximate surface area is 101 Å². The lowest BCUT2D eigenvalue weighted by Crippen LogP contribution is -2.06. The van der Waals surface area contributed by atoms with Gasteiger partial charge in [0.25, 0.3) is 0 Å². The summed E-state index contributed by atoms with van der Waals surface area (Å²) in [6, 6.07) is 5.51. The minimum Gasteiger partial charge on any atom is -0.288 e. The average molecular weight is 226 g/mol. The molecule has 86 valence electrons. The van der Waals surface area contributed by atoms with Crippen LogP contribution in [-0.2, 0) is 0 Å². The van der Waals surface area contributed by atoms with E-state index in [1.54, 1.807) is 12.4 Å². The van der Waals surface area contributed by atoms with Crippen molar-refractivity contribution in [2.45, 2.75) is 20.8 Å². The molecule has 2 aromatic rings. The molecule has 0 N–H and O–H groups in total. The zero-order valence-corrected chi connectivity index (χ0v) is 10.2. The topological polar surface area (TPSA) is 42.9 Å². The summed E-state index contributed by atoms with van der Waals surface area (Å²) >= 11 is 0. The highest BCUT2D eigenvalue weighted by Gasteiger charge is 2.12. The molecule has 0 fully saturated rings. The van der Waals surface area contributed by atoms with Gasteiger partial charge in [-0.2, -0.15) is 0 Å². The third kappa shape index (κ3) is 2.38. The zero-order valence-electron chi connectivity index (χ0n) is 10.2. The highest BCUT2D eigenvalue weighted by molar-refractivity contribution is 6.09. The molecule has 0 atom stereocenters. The van der Waals surface area contributed by atoms with E-state index in [2.05, 4.69) is 9.97 Å². The lowest BCUT2D eigenvalue weighted by atomic mass is 10.0. The summed E-state index contributed by atoms with van der Waals surface area (Å²) in [5.74, 6) is -0.0220. The molecular weight excluding hydrogens is 212 g/mol. The number of carbonyl (C=O) groups excluding carboxylic acids is 1. The number of ketones is 1. The van der Waals surface area contributed by atoms with Crippen molar-refractivity contribution in [1.29, 1.82) is 0 Å². The van der Waals surface area contributed by atoms with Crippen LogP contribution in [0.15, 0.2) is 30.6 Å². The standard InChI is InChI=1S/C14H14N2O/c1-9-6-12(8-15-7-9)14(17)13-5-4-10(2)16-11(13)3/h4-8H,1-3H3. The number of carbonyl (C=O) groups is 1. The van der Waals surface area contributed by atoms with Gasteiger partial charge in [-0.15, -0.1) is 0 Å². The molecule has 0 aliphatic rings. The van der Waals surface area contributed by atoms with Gasteiger partial charge in [0.1, 0.15) is 0 Å². The second-order valence-corrected chi connectivity index (χ2v) is 4.17. The van der Waals surface area contributed by atoms with Gasteiger partial charge in [0, 0.05) is 34.9 Å². The van der Waals surface area contributed by atoms with E-state index >= 15 is 0 Å². The summed E-state index contributed by atoms with van der Waals surface area (Å²) in [6.45, 7) is 5.68. The summed E-state index contributed by atoms with van der Waals surface area (Å²) in [4.78, 5) is 20.6. The fraction of sp³-hybridized carbons (Fsp3) is 0.214. The highest BCUT2D eigenvalue weighted by Crippen LogP contribution is 2.13. The fourth-order valence-corrected chi connectivity index (χ4v) is 1.76. The summed E-state index contributed by atoms with van der Waals surface area (Å²) in [7, 11) is 0. The Morgan fingerprint density at radius 1 is 1.12 bits per heavy atom. The molecule has 0 aliphatic carbocycles. The van der Waals surface area contributed by atoms with E-state index in [-0.39, 0.29) is 5.78 Å². The van der Waals surface area contributed by atoms with Crippen LogP contribution in [0, 0.1) is 20.8 Å². The molecule has 0 saturated heterocycles. The van der Waals surface area contributed by atoms with Gasteiger partial charge < -0.3 is 0 Å². The predicted octanol–water partition coefficient (Wildman–Crippen LogP) is 2.63. The molecule has 2 heterocycles. The van der Waals surface area contributed by atoms with Gasteiger partial charge in [-0.1, -0.05) is 0 Å². The van der Waals surface area contributed by atoms with Crippen molar-refractivity contribution in [1.82, 2.24) is 9.97 Å². The van der Waals surface area contributed by atoms with Gasteiger partial charge in [-0.25, -0.2) is 0 Å². The first kappa shape index (κ1) is 11.5. The maximum atomic E-state index is 12.3. The van der Waals surface area contributed by atoms with E-state index in [0.29, 0.717) is 11.1 Å². The molecule has 3 nitrogen and oxygen atoms in total. The van der Waals surface area contributed by atoms with Gasteiger partial charge in [-0.3, -0.25) is 14.8 Å². The van der Waals surface area contributed by atoms with Crippen LogP contribution in [0.1, 0.15) is 32.9 Å². The van der Waals surface area contributed by atoms with Crippen LogP contribution in [-0.4, -0.2) is 15.8 Å². The Bertz CT molecular complexity index is 576. The van der Waals surface area contributed by atoms with E-state index in [1.807, 2.05) is 39.0 Å². The normalized spacial score (nSPS) is 10.3. The van der Waals surface area contributed by atoms with Crippen molar-refractivity contribution >= 4 is 5.78 Å². The van der Waals surface area contributed by atoms with Crippen molar-refractivity contribution in [3.63, 3.8) is 0 Å². The third-order valence-electron chi connectivity index (χ3n) is 2.61. The van der Waals surface area contributed by atoms with Crippen molar-refractivity contribution in [3.8, 4) is 0 Å². The van der Waals surface area contributed by atoms with Crippen LogP contribution in [0.4, 0.5) is 0 Å². The first-order valence-electron chi connectivity index (χ1n) is 5.48. The van der Waals surface area contributed by atoms with Gasteiger partial charge >= 0.3 is 0 Å². The first-order valence-corrected chi connectivity index (χ1v) is 5.48. The maximum absolute atomic E-state index is 12.3. The molecule has 3 heteroatoms. The average Bonchev–Trinajstić information content (AvgIpc) is 2.28. The Morgan fingerprint density at radius 3 is 2.53 bits per heavy atom. The Morgan fingerprint density at radius 2 is 1.88 bits per heavy atom. The van der Waals surface area contributed by atoms with Crippen LogP contribution in [0.25, 0.3) is 0 Å². The van der Waals surface area contributed by atoms with Crippen molar-refractivity contribution in [3.05, 3.63) is 58.7 Å². The van der Waals surface area contributed by atoms with E-state index in [0.717, 1.165) is 17.0 Å². The molecule has 0 spiro atoms. The number of hydrogen-bond acceptors (Lipinski definition) is 3. The zero-order chi connectivity index (χ0) is 12.4. The number of aryl methyl sites for hydroxylation is 3. The number of nitrogens with zero attached hydrogens (tertiary/aromatic N) is 2. The van der Waals surface area contributed by atoms with Crippen LogP contribution in [0.3, 0.4) is 0 Å². The molecule has 2 rings (SSSR count). The monoisotopic (exact) mass is 226 g/mol. The smallest absolute Gasteiger partial charge is 0.196 e. The van der Waals surface area contributed by atoms with E-state index in [4.69, 9.17) is 0 Å². The minimum absolute atomic E-state index is 0.0220. The maximum Gasteiger partial charge on any atom is 0.196 e. The van der Waals surface area contributed by atoms with E-state index in [1.165, 1.54) is 0 Å². The molecule has 0 unspecified atom stereocenters. The quantitative estimate of drug-likeness (QED) is 0.739. The summed E-state index contributed by atoms with van der Waals surface area (Å²) in [5.41, 5.74) is 3.91. The van der Waals surface area contributed by atoms with E-state index < -0.39 is 0 Å². The van der Waals surface area contributed by atoms with Crippen LogP contribution < -0.4 is 0 Å². The molecule has 0 aromatic carbocycles. The number of rotatable bonds is 2. The number of pyridine rings is 2. The summed E-state index contributed by atoms with van der Waals surface area (Å²) in [6.07, 6.45) is 3.33. The summed E-state index contributed by atoms with van der Waals surface area (Å²) < 4.78 is 0. The fourth-order valence-electron chi connectivity index (χ4n) is 1.76. The van der Waals surface area contributed by atoms with Crippen molar-refractivity contribution < 1.29 is 4.79 Å². The van der Waals surface area contributed by atoms with Gasteiger partial charge in [0.05, 0.1) is 0 Å². The highest BCUT2D eigenvalue weighted by atomic mass is 16.1. The lowest BCUT2D eigenvalue weighted by molar-refractivity contribution is 0.103. The molecule has 17 heavy (non-hydrogen) atoms.